The molecule has 9 nitrogen and oxygen atoms in total. The molecule has 0 radical (unpaired) electrons. The van der Waals surface area contributed by atoms with E-state index in [9.17, 15) is 19.8 Å². The van der Waals surface area contributed by atoms with Gasteiger partial charge >= 0.3 is 11.9 Å². The molecule has 1 aromatic carbocycles. The number of thiocarbonyl (C=S) groups is 1. The molecule has 3 N–H and O–H groups in total. The minimum absolute atomic E-state index is 0.0551. The Labute approximate surface area is 206 Å². The average Bonchev–Trinajstić information content (AvgIpc) is 3.61. The lowest BCUT2D eigenvalue weighted by Gasteiger charge is -2.28. The van der Waals surface area contributed by atoms with Crippen LogP contribution >= 0.6 is 12.2 Å². The molecule has 0 unspecified atom stereocenters. The largest absolute Gasteiger partial charge is 0.478 e. The third-order valence-corrected chi connectivity index (χ3v) is 6.60. The number of nitrogens with one attached hydrogen (secondary N) is 1. The van der Waals surface area contributed by atoms with Crippen LogP contribution in [-0.2, 0) is 4.74 Å². The molecule has 0 spiro atoms. The number of nitrogens with zero attached hydrogens (tertiary/aromatic N) is 2. The number of hydrogen-bond acceptors (Lipinski definition) is 6. The van der Waals surface area contributed by atoms with Crippen LogP contribution in [0.1, 0.15) is 57.1 Å². The Kier molecular flexibility index (Phi) is 6.23. The molecule has 2 aliphatic heterocycles. The third kappa shape index (κ3) is 4.62. The van der Waals surface area contributed by atoms with E-state index in [0.717, 1.165) is 31.2 Å². The van der Waals surface area contributed by atoms with E-state index in [2.05, 4.69) is 10.3 Å². The number of ether oxygens (including phenoxy) is 1. The van der Waals surface area contributed by atoms with Gasteiger partial charge in [0.25, 0.3) is 0 Å². The van der Waals surface area contributed by atoms with Crippen LogP contribution in [0.2, 0.25) is 0 Å². The van der Waals surface area contributed by atoms with Crippen LogP contribution in [0.25, 0.3) is 11.3 Å². The molecule has 10 heteroatoms. The molecule has 0 amide bonds. The number of rotatable bonds is 7. The van der Waals surface area contributed by atoms with Gasteiger partial charge in [0.15, 0.2) is 5.11 Å². The summed E-state index contributed by atoms with van der Waals surface area (Å²) in [6.45, 7) is 1.32. The molecule has 0 bridgehead atoms. The van der Waals surface area contributed by atoms with E-state index in [1.807, 2.05) is 29.2 Å². The van der Waals surface area contributed by atoms with E-state index in [1.54, 1.807) is 12.3 Å². The van der Waals surface area contributed by atoms with E-state index >= 15 is 0 Å². The first-order valence-electron chi connectivity index (χ1n) is 11.2. The van der Waals surface area contributed by atoms with Crippen molar-refractivity contribution in [2.75, 3.05) is 13.2 Å². The summed E-state index contributed by atoms with van der Waals surface area (Å²) < 4.78 is 12.1. The van der Waals surface area contributed by atoms with Gasteiger partial charge in [0.1, 0.15) is 17.6 Å². The number of hydrogen-bond donors (Lipinski definition) is 3. The maximum atomic E-state index is 11.5. The summed E-state index contributed by atoms with van der Waals surface area (Å²) >= 11 is 5.68. The van der Waals surface area contributed by atoms with Crippen molar-refractivity contribution in [1.82, 2.24) is 15.2 Å². The number of benzene rings is 1. The van der Waals surface area contributed by atoms with Crippen LogP contribution in [-0.4, -0.2) is 56.4 Å². The third-order valence-electron chi connectivity index (χ3n) is 6.25. The molecule has 180 valence electrons. The van der Waals surface area contributed by atoms with Crippen LogP contribution in [0.4, 0.5) is 0 Å². The Morgan fingerprint density at radius 1 is 1.11 bits per heavy atom. The van der Waals surface area contributed by atoms with Gasteiger partial charge in [-0.25, -0.2) is 9.59 Å². The number of carboxylic acid groups (broad SMARTS) is 2. The van der Waals surface area contributed by atoms with Gasteiger partial charge in [-0.2, -0.15) is 0 Å². The molecule has 2 aliphatic rings. The first-order chi connectivity index (χ1) is 16.9. The lowest BCUT2D eigenvalue weighted by Crippen LogP contribution is -2.36. The standard InChI is InChI=1S/C25H23N3O6S/c29-23(30)15-10-14(11-16(12-15)24(31)32)19-6-7-20(34-19)22-21(18-5-1-2-8-26-18)27-25(35)28(22)13-17-4-3-9-33-17/h1-2,5-8,10-12,17,21-22H,3-4,9,13H2,(H,27,35)(H,29,30)(H,31,32)/t17-,21+,22-/m0/s1. The lowest BCUT2D eigenvalue weighted by atomic mass is 10.0. The van der Waals surface area contributed by atoms with Gasteiger partial charge < -0.3 is 29.6 Å². The van der Waals surface area contributed by atoms with Crippen molar-refractivity contribution in [3.05, 3.63) is 77.3 Å². The Morgan fingerprint density at radius 3 is 2.51 bits per heavy atom. The molecular weight excluding hydrogens is 470 g/mol. The van der Waals surface area contributed by atoms with E-state index in [0.29, 0.717) is 28.7 Å². The number of furan rings is 1. The van der Waals surface area contributed by atoms with Gasteiger partial charge in [-0.3, -0.25) is 4.98 Å². The van der Waals surface area contributed by atoms with Gasteiger partial charge in [0.05, 0.1) is 29.0 Å². The molecule has 2 fully saturated rings. The molecule has 3 atom stereocenters. The smallest absolute Gasteiger partial charge is 0.335 e. The Morgan fingerprint density at radius 2 is 1.89 bits per heavy atom. The highest BCUT2D eigenvalue weighted by Crippen LogP contribution is 2.41. The lowest BCUT2D eigenvalue weighted by molar-refractivity contribution is 0.0696. The first-order valence-corrected chi connectivity index (χ1v) is 11.6. The summed E-state index contributed by atoms with van der Waals surface area (Å²) in [7, 11) is 0. The molecule has 3 aromatic rings. The Bertz CT molecular complexity index is 1240. The first kappa shape index (κ1) is 23.0. The summed E-state index contributed by atoms with van der Waals surface area (Å²) in [4.78, 5) is 29.6. The van der Waals surface area contributed by atoms with Crippen LogP contribution in [0, 0.1) is 0 Å². The van der Waals surface area contributed by atoms with Crippen LogP contribution in [0.3, 0.4) is 0 Å². The van der Waals surface area contributed by atoms with Gasteiger partial charge in [0, 0.05) is 24.9 Å². The quantitative estimate of drug-likeness (QED) is 0.417. The fraction of sp³-hybridized carbons (Fsp3) is 0.280. The Hall–Kier alpha value is -3.76. The van der Waals surface area contributed by atoms with Gasteiger partial charge in [-0.1, -0.05) is 6.07 Å². The second-order valence-corrected chi connectivity index (χ2v) is 8.91. The summed E-state index contributed by atoms with van der Waals surface area (Å²) in [5, 5.41) is 22.8. The van der Waals surface area contributed by atoms with Crippen molar-refractivity contribution in [3.8, 4) is 11.3 Å². The van der Waals surface area contributed by atoms with E-state index < -0.39 is 11.9 Å². The van der Waals surface area contributed by atoms with Crippen molar-refractivity contribution < 1.29 is 29.0 Å². The zero-order valence-electron chi connectivity index (χ0n) is 18.6. The Balaban J connectivity index is 1.53. The van der Waals surface area contributed by atoms with E-state index in [1.165, 1.54) is 12.1 Å². The monoisotopic (exact) mass is 493 g/mol. The van der Waals surface area contributed by atoms with Gasteiger partial charge in [-0.15, -0.1) is 0 Å². The van der Waals surface area contributed by atoms with Crippen molar-refractivity contribution >= 4 is 29.3 Å². The van der Waals surface area contributed by atoms with E-state index in [4.69, 9.17) is 21.4 Å². The zero-order chi connectivity index (χ0) is 24.5. The van der Waals surface area contributed by atoms with Crippen molar-refractivity contribution in [2.24, 2.45) is 0 Å². The minimum atomic E-state index is -1.22. The van der Waals surface area contributed by atoms with Crippen molar-refractivity contribution in [3.63, 3.8) is 0 Å². The topological polar surface area (TPSA) is 125 Å². The second-order valence-electron chi connectivity index (χ2n) is 8.53. The van der Waals surface area contributed by atoms with Gasteiger partial charge in [0.2, 0.25) is 0 Å². The number of carbonyl (C=O) groups is 2. The number of aromatic carboxylic acids is 2. The van der Waals surface area contributed by atoms with Gasteiger partial charge in [-0.05, 0) is 67.5 Å². The molecule has 2 saturated heterocycles. The fourth-order valence-electron chi connectivity index (χ4n) is 4.60. The van der Waals surface area contributed by atoms with E-state index in [-0.39, 0.29) is 29.3 Å². The SMILES string of the molecule is O=C(O)c1cc(C(=O)O)cc(-c2ccc([C@H]3[C@@H](c4ccccn4)NC(=S)N3C[C@@H]3CCCO3)o2)c1. The summed E-state index contributed by atoms with van der Waals surface area (Å²) in [5.41, 5.74) is 0.900. The number of carboxylic acids is 2. The summed E-state index contributed by atoms with van der Waals surface area (Å²) in [6.07, 6.45) is 3.73. The molecule has 0 saturated carbocycles. The molecule has 5 rings (SSSR count). The summed E-state index contributed by atoms with van der Waals surface area (Å²) in [5.74, 6) is -1.48. The highest BCUT2D eigenvalue weighted by molar-refractivity contribution is 7.80. The predicted octanol–water partition coefficient (Wildman–Crippen LogP) is 3.89. The maximum Gasteiger partial charge on any atom is 0.335 e. The molecule has 2 aromatic heterocycles. The molecular formula is C25H23N3O6S. The van der Waals surface area contributed by atoms with Crippen LogP contribution < -0.4 is 5.32 Å². The highest BCUT2D eigenvalue weighted by atomic mass is 32.1. The number of pyridine rings is 1. The average molecular weight is 494 g/mol. The number of aromatic nitrogens is 1. The predicted molar refractivity (Wildman–Crippen MR) is 129 cm³/mol. The van der Waals surface area contributed by atoms with Crippen molar-refractivity contribution in [1.29, 1.82) is 0 Å². The normalized spacial score (nSPS) is 21.8. The summed E-state index contributed by atoms with van der Waals surface area (Å²) in [6, 6.07) is 12.5. The van der Waals surface area contributed by atoms with Crippen LogP contribution in [0.15, 0.2) is 59.1 Å². The second kappa shape index (κ2) is 9.47. The maximum absolute atomic E-state index is 11.5. The van der Waals surface area contributed by atoms with Crippen molar-refractivity contribution in [2.45, 2.75) is 31.0 Å². The van der Waals surface area contributed by atoms with Crippen LogP contribution in [0.5, 0.6) is 0 Å². The molecule has 0 aliphatic carbocycles. The zero-order valence-corrected chi connectivity index (χ0v) is 19.4. The molecule has 4 heterocycles. The fourth-order valence-corrected chi connectivity index (χ4v) is 4.92. The minimum Gasteiger partial charge on any atom is -0.478 e. The highest BCUT2D eigenvalue weighted by Gasteiger charge is 2.42. The molecule has 35 heavy (non-hydrogen) atoms.